The lowest BCUT2D eigenvalue weighted by Crippen LogP contribution is -2.43. The first-order valence-corrected chi connectivity index (χ1v) is 7.76. The minimum Gasteiger partial charge on any atom is -0.380 e. The minimum absolute atomic E-state index is 0.184. The molecule has 1 fully saturated rings. The summed E-state index contributed by atoms with van der Waals surface area (Å²) in [6.45, 7) is 2.12. The number of likely N-dealkylation sites (tertiary alicyclic amines) is 1. The Kier molecular flexibility index (Phi) is 4.35. The lowest BCUT2D eigenvalue weighted by molar-refractivity contribution is -0.121. The second kappa shape index (κ2) is 6.45. The van der Waals surface area contributed by atoms with Crippen molar-refractivity contribution in [1.29, 1.82) is 0 Å². The van der Waals surface area contributed by atoms with Crippen LogP contribution in [-0.4, -0.2) is 52.3 Å². The predicted molar refractivity (Wildman–Crippen MR) is 87.7 cm³/mol. The summed E-state index contributed by atoms with van der Waals surface area (Å²) in [7, 11) is 1.56. The molecule has 0 bridgehead atoms. The molecule has 7 heteroatoms. The van der Waals surface area contributed by atoms with Crippen LogP contribution in [0.3, 0.4) is 0 Å². The zero-order valence-electron chi connectivity index (χ0n) is 13.7. The molecular formula is C17H20N4O3. The maximum atomic E-state index is 12.9. The summed E-state index contributed by atoms with van der Waals surface area (Å²) < 4.78 is 6.95. The summed E-state index contributed by atoms with van der Waals surface area (Å²) in [4.78, 5) is 26.1. The van der Waals surface area contributed by atoms with Gasteiger partial charge in [-0.1, -0.05) is 18.2 Å². The van der Waals surface area contributed by atoms with E-state index >= 15 is 0 Å². The van der Waals surface area contributed by atoms with Gasteiger partial charge in [0, 0.05) is 26.3 Å². The number of ether oxygens (including phenoxy) is 1. The molecule has 0 radical (unpaired) electrons. The first-order valence-electron chi connectivity index (χ1n) is 7.76. The van der Waals surface area contributed by atoms with Gasteiger partial charge in [-0.05, 0) is 19.1 Å². The van der Waals surface area contributed by atoms with Crippen LogP contribution in [0.2, 0.25) is 0 Å². The third kappa shape index (κ3) is 2.90. The van der Waals surface area contributed by atoms with Crippen molar-refractivity contribution in [3.63, 3.8) is 0 Å². The molecule has 0 saturated carbocycles. The third-order valence-corrected chi connectivity index (χ3v) is 4.34. The van der Waals surface area contributed by atoms with Gasteiger partial charge in [0.2, 0.25) is 5.91 Å². The molecule has 126 valence electrons. The van der Waals surface area contributed by atoms with Gasteiger partial charge in [-0.25, -0.2) is 4.68 Å². The third-order valence-electron chi connectivity index (χ3n) is 4.34. The molecule has 1 aromatic carbocycles. The smallest absolute Gasteiger partial charge is 0.258 e. The molecule has 24 heavy (non-hydrogen) atoms. The number of rotatable bonds is 4. The Labute approximate surface area is 140 Å². The van der Waals surface area contributed by atoms with Crippen molar-refractivity contribution >= 4 is 11.8 Å². The Morgan fingerprint density at radius 2 is 2.00 bits per heavy atom. The molecule has 7 nitrogen and oxygen atoms in total. The van der Waals surface area contributed by atoms with Crippen LogP contribution in [0.5, 0.6) is 0 Å². The number of aromatic nitrogens is 2. The summed E-state index contributed by atoms with van der Waals surface area (Å²) in [5, 5.41) is 4.40. The number of hydrogen-bond donors (Lipinski definition) is 1. The van der Waals surface area contributed by atoms with Gasteiger partial charge in [0.15, 0.2) is 0 Å². The van der Waals surface area contributed by atoms with Gasteiger partial charge in [-0.2, -0.15) is 5.10 Å². The number of hydrogen-bond acceptors (Lipinski definition) is 4. The number of methoxy groups -OCH3 is 1. The van der Waals surface area contributed by atoms with Gasteiger partial charge in [0.05, 0.1) is 23.0 Å². The Hall–Kier alpha value is -2.67. The maximum absolute atomic E-state index is 12.9. The molecule has 2 aromatic rings. The highest BCUT2D eigenvalue weighted by atomic mass is 16.5. The molecule has 2 atom stereocenters. The summed E-state index contributed by atoms with van der Waals surface area (Å²) in [5.74, 6) is -0.769. The molecule has 0 spiro atoms. The highest BCUT2D eigenvalue weighted by Gasteiger charge is 2.39. The van der Waals surface area contributed by atoms with Gasteiger partial charge in [0.25, 0.3) is 5.91 Å². The molecule has 0 unspecified atom stereocenters. The monoisotopic (exact) mass is 328 g/mol. The zero-order valence-corrected chi connectivity index (χ0v) is 13.7. The summed E-state index contributed by atoms with van der Waals surface area (Å²) in [5.41, 5.74) is 7.37. The molecule has 1 aliphatic heterocycles. The molecule has 3 rings (SSSR count). The van der Waals surface area contributed by atoms with Crippen molar-refractivity contribution < 1.29 is 14.3 Å². The molecule has 2 amide bonds. The van der Waals surface area contributed by atoms with Crippen LogP contribution < -0.4 is 5.73 Å². The quantitative estimate of drug-likeness (QED) is 0.902. The van der Waals surface area contributed by atoms with E-state index in [1.54, 1.807) is 24.9 Å². The second-order valence-corrected chi connectivity index (χ2v) is 5.88. The fraction of sp³-hybridized carbons (Fsp3) is 0.353. The van der Waals surface area contributed by atoms with Crippen LogP contribution in [0.15, 0.2) is 36.5 Å². The Bertz CT molecular complexity index is 756. The van der Waals surface area contributed by atoms with Crippen molar-refractivity contribution in [2.75, 3.05) is 13.7 Å². The highest BCUT2D eigenvalue weighted by Crippen LogP contribution is 2.23. The number of primary amides is 1. The largest absolute Gasteiger partial charge is 0.380 e. The van der Waals surface area contributed by atoms with E-state index in [-0.39, 0.29) is 12.0 Å². The molecule has 2 heterocycles. The number of aryl methyl sites for hydroxylation is 1. The Morgan fingerprint density at radius 3 is 2.62 bits per heavy atom. The van der Waals surface area contributed by atoms with Crippen molar-refractivity contribution in [3.05, 3.63) is 47.8 Å². The van der Waals surface area contributed by atoms with Crippen LogP contribution in [0, 0.1) is 6.92 Å². The van der Waals surface area contributed by atoms with E-state index in [2.05, 4.69) is 5.10 Å². The van der Waals surface area contributed by atoms with Crippen LogP contribution in [0.1, 0.15) is 22.5 Å². The Morgan fingerprint density at radius 1 is 1.29 bits per heavy atom. The van der Waals surface area contributed by atoms with Crippen molar-refractivity contribution in [2.45, 2.75) is 25.5 Å². The van der Waals surface area contributed by atoms with Gasteiger partial charge >= 0.3 is 0 Å². The van der Waals surface area contributed by atoms with E-state index in [9.17, 15) is 9.59 Å². The number of para-hydroxylation sites is 1. The molecule has 0 aliphatic carbocycles. The highest BCUT2D eigenvalue weighted by molar-refractivity contribution is 5.98. The van der Waals surface area contributed by atoms with Crippen LogP contribution in [-0.2, 0) is 9.53 Å². The lowest BCUT2D eigenvalue weighted by atomic mass is 10.1. The van der Waals surface area contributed by atoms with Gasteiger partial charge in [-0.15, -0.1) is 0 Å². The molecule has 1 aliphatic rings. The molecule has 1 aromatic heterocycles. The van der Waals surface area contributed by atoms with Crippen molar-refractivity contribution in [3.8, 4) is 5.69 Å². The van der Waals surface area contributed by atoms with E-state index in [1.807, 2.05) is 30.3 Å². The van der Waals surface area contributed by atoms with E-state index in [0.717, 1.165) is 5.69 Å². The van der Waals surface area contributed by atoms with Crippen LogP contribution >= 0.6 is 0 Å². The van der Waals surface area contributed by atoms with Crippen LogP contribution in [0.4, 0.5) is 0 Å². The fourth-order valence-electron chi connectivity index (χ4n) is 3.00. The molecular weight excluding hydrogens is 308 g/mol. The SMILES string of the molecule is CO[C@H]1C[C@@H](C(N)=O)N(C(=O)c2cn(-c3ccccc3)nc2C)C1. The minimum atomic E-state index is -0.651. The molecule has 2 N–H and O–H groups in total. The maximum Gasteiger partial charge on any atom is 0.258 e. The number of amides is 2. The number of benzene rings is 1. The average molecular weight is 328 g/mol. The van der Waals surface area contributed by atoms with Gasteiger partial charge in [0.1, 0.15) is 6.04 Å². The lowest BCUT2D eigenvalue weighted by Gasteiger charge is -2.21. The summed E-state index contributed by atoms with van der Waals surface area (Å²) in [6.07, 6.45) is 1.92. The topological polar surface area (TPSA) is 90.5 Å². The van der Waals surface area contributed by atoms with E-state index < -0.39 is 11.9 Å². The number of nitrogens with two attached hydrogens (primary N) is 1. The number of carbonyl (C=O) groups excluding carboxylic acids is 2. The van der Waals surface area contributed by atoms with Crippen molar-refractivity contribution in [2.24, 2.45) is 5.73 Å². The first kappa shape index (κ1) is 16.2. The van der Waals surface area contributed by atoms with Crippen LogP contribution in [0.25, 0.3) is 5.69 Å². The van der Waals surface area contributed by atoms with E-state index in [4.69, 9.17) is 10.5 Å². The Balaban J connectivity index is 1.90. The predicted octanol–water partition coefficient (Wildman–Crippen LogP) is 0.896. The zero-order chi connectivity index (χ0) is 17.3. The fourth-order valence-corrected chi connectivity index (χ4v) is 3.00. The summed E-state index contributed by atoms with van der Waals surface area (Å²) >= 11 is 0. The van der Waals surface area contributed by atoms with Crippen molar-refractivity contribution in [1.82, 2.24) is 14.7 Å². The molecule has 1 saturated heterocycles. The van der Waals surface area contributed by atoms with E-state index in [0.29, 0.717) is 24.2 Å². The van der Waals surface area contributed by atoms with Gasteiger partial charge in [-0.3, -0.25) is 9.59 Å². The van der Waals surface area contributed by atoms with E-state index in [1.165, 1.54) is 4.90 Å². The first-order chi connectivity index (χ1) is 11.5. The standard InChI is InChI=1S/C17H20N4O3/c1-11-14(10-21(19-11)12-6-4-3-5-7-12)17(23)20-9-13(24-2)8-15(20)16(18)22/h3-7,10,13,15H,8-9H2,1-2H3,(H2,18,22)/t13-,15-/m0/s1. The average Bonchev–Trinajstić information content (AvgIpc) is 3.19. The number of carbonyl (C=O) groups is 2. The number of nitrogens with zero attached hydrogens (tertiary/aromatic N) is 3. The summed E-state index contributed by atoms with van der Waals surface area (Å²) in [6, 6.07) is 8.88. The normalized spacial score (nSPS) is 20.3. The van der Waals surface area contributed by atoms with Gasteiger partial charge < -0.3 is 15.4 Å². The second-order valence-electron chi connectivity index (χ2n) is 5.88.